The van der Waals surface area contributed by atoms with Gasteiger partial charge in [0.15, 0.2) is 0 Å². The highest BCUT2D eigenvalue weighted by molar-refractivity contribution is 5.61. The number of nitrogens with two attached hydrogens (primary N) is 1. The molecule has 0 saturated carbocycles. The van der Waals surface area contributed by atoms with Crippen LogP contribution in [-0.4, -0.2) is 20.2 Å². The zero-order valence-electron chi connectivity index (χ0n) is 10.9. The molecule has 3 nitrogen and oxygen atoms in total. The molecular weight excluding hydrogens is 212 g/mol. The molecule has 0 amide bonds. The van der Waals surface area contributed by atoms with Gasteiger partial charge in [-0.25, -0.2) is 0 Å². The molecule has 1 aromatic rings. The number of benzene rings is 1. The minimum Gasteiger partial charge on any atom is -0.496 e. The van der Waals surface area contributed by atoms with Gasteiger partial charge in [0.25, 0.3) is 0 Å². The molecule has 1 fully saturated rings. The van der Waals surface area contributed by atoms with Crippen LogP contribution in [0.5, 0.6) is 5.75 Å². The molecule has 1 aromatic carbocycles. The first-order valence-corrected chi connectivity index (χ1v) is 6.31. The Bertz CT molecular complexity index is 390. The zero-order valence-corrected chi connectivity index (χ0v) is 10.9. The molecule has 1 unspecified atom stereocenters. The Morgan fingerprint density at radius 1 is 1.47 bits per heavy atom. The van der Waals surface area contributed by atoms with Gasteiger partial charge in [0.05, 0.1) is 7.11 Å². The van der Waals surface area contributed by atoms with E-state index in [0.29, 0.717) is 0 Å². The summed E-state index contributed by atoms with van der Waals surface area (Å²) in [6.45, 7) is 6.55. The Hall–Kier alpha value is -1.22. The van der Waals surface area contributed by atoms with Gasteiger partial charge in [-0.15, -0.1) is 0 Å². The fourth-order valence-electron chi connectivity index (χ4n) is 2.60. The lowest BCUT2D eigenvalue weighted by molar-refractivity contribution is 0.407. The van der Waals surface area contributed by atoms with Gasteiger partial charge < -0.3 is 15.4 Å². The van der Waals surface area contributed by atoms with Crippen molar-refractivity contribution in [3.8, 4) is 5.75 Å². The van der Waals surface area contributed by atoms with Crippen LogP contribution in [0.4, 0.5) is 5.69 Å². The minimum absolute atomic E-state index is 0.00273. The maximum atomic E-state index is 6.09. The topological polar surface area (TPSA) is 38.5 Å². The Morgan fingerprint density at radius 3 is 2.76 bits per heavy atom. The molecule has 1 aliphatic heterocycles. The van der Waals surface area contributed by atoms with Gasteiger partial charge in [0.1, 0.15) is 5.75 Å². The van der Waals surface area contributed by atoms with E-state index in [1.54, 1.807) is 7.11 Å². The van der Waals surface area contributed by atoms with Crippen molar-refractivity contribution in [3.63, 3.8) is 0 Å². The van der Waals surface area contributed by atoms with Gasteiger partial charge in [0.2, 0.25) is 0 Å². The van der Waals surface area contributed by atoms with Crippen LogP contribution in [0.2, 0.25) is 0 Å². The molecule has 0 spiro atoms. The summed E-state index contributed by atoms with van der Waals surface area (Å²) < 4.78 is 5.43. The number of hydrogen-bond donors (Lipinski definition) is 1. The third-order valence-electron chi connectivity index (χ3n) is 3.48. The molecule has 2 N–H and O–H groups in total. The number of ether oxygens (including phenoxy) is 1. The molecule has 0 radical (unpaired) electrons. The number of anilines is 1. The van der Waals surface area contributed by atoms with Crippen molar-refractivity contribution in [2.75, 3.05) is 25.1 Å². The first-order chi connectivity index (χ1) is 8.13. The Balaban J connectivity index is 2.39. The maximum absolute atomic E-state index is 6.09. The van der Waals surface area contributed by atoms with E-state index in [2.05, 4.69) is 17.9 Å². The second-order valence-corrected chi connectivity index (χ2v) is 5.02. The van der Waals surface area contributed by atoms with Gasteiger partial charge in [-0.3, -0.25) is 0 Å². The third-order valence-corrected chi connectivity index (χ3v) is 3.48. The van der Waals surface area contributed by atoms with Gasteiger partial charge in [-0.2, -0.15) is 0 Å². The fourth-order valence-corrected chi connectivity index (χ4v) is 2.60. The lowest BCUT2D eigenvalue weighted by Gasteiger charge is -2.25. The highest BCUT2D eigenvalue weighted by Gasteiger charge is 2.23. The molecule has 1 saturated heterocycles. The summed E-state index contributed by atoms with van der Waals surface area (Å²) in [6, 6.07) is 6.18. The highest BCUT2D eigenvalue weighted by atomic mass is 16.5. The summed E-state index contributed by atoms with van der Waals surface area (Å²) in [6.07, 6.45) is 1.26. The van der Waals surface area contributed by atoms with E-state index < -0.39 is 0 Å². The molecule has 2 rings (SSSR count). The number of hydrogen-bond acceptors (Lipinski definition) is 3. The SMILES string of the molecule is COc1cccc(N2CCC(C)C2)c1[C@@H](C)N. The average molecular weight is 234 g/mol. The van der Waals surface area contributed by atoms with Gasteiger partial charge >= 0.3 is 0 Å². The lowest BCUT2D eigenvalue weighted by Crippen LogP contribution is -2.22. The zero-order chi connectivity index (χ0) is 12.4. The summed E-state index contributed by atoms with van der Waals surface area (Å²) in [5.41, 5.74) is 8.45. The van der Waals surface area contributed by atoms with Crippen molar-refractivity contribution in [1.29, 1.82) is 0 Å². The Labute approximate surface area is 104 Å². The van der Waals surface area contributed by atoms with Crippen molar-refractivity contribution in [1.82, 2.24) is 0 Å². The van der Waals surface area contributed by atoms with Gasteiger partial charge in [0, 0.05) is 30.4 Å². The molecule has 0 aromatic heterocycles. The van der Waals surface area contributed by atoms with Crippen molar-refractivity contribution < 1.29 is 4.74 Å². The van der Waals surface area contributed by atoms with Crippen molar-refractivity contribution in [2.24, 2.45) is 11.7 Å². The van der Waals surface area contributed by atoms with E-state index in [1.807, 2.05) is 19.1 Å². The molecule has 1 aliphatic rings. The second-order valence-electron chi connectivity index (χ2n) is 5.02. The van der Waals surface area contributed by atoms with E-state index in [4.69, 9.17) is 10.5 Å². The predicted octanol–water partition coefficient (Wildman–Crippen LogP) is 2.56. The van der Waals surface area contributed by atoms with Crippen LogP contribution in [0.15, 0.2) is 18.2 Å². The quantitative estimate of drug-likeness (QED) is 0.873. The molecular formula is C14H22N2O. The van der Waals surface area contributed by atoms with Crippen LogP contribution in [0.3, 0.4) is 0 Å². The molecule has 94 valence electrons. The molecule has 17 heavy (non-hydrogen) atoms. The van der Waals surface area contributed by atoms with E-state index in [9.17, 15) is 0 Å². The monoisotopic (exact) mass is 234 g/mol. The fraction of sp³-hybridized carbons (Fsp3) is 0.571. The van der Waals surface area contributed by atoms with E-state index in [-0.39, 0.29) is 6.04 Å². The average Bonchev–Trinajstić information content (AvgIpc) is 2.74. The smallest absolute Gasteiger partial charge is 0.125 e. The summed E-state index contributed by atoms with van der Waals surface area (Å²) in [7, 11) is 1.71. The first kappa shape index (κ1) is 12.2. The van der Waals surface area contributed by atoms with Gasteiger partial charge in [-0.05, 0) is 31.4 Å². The van der Waals surface area contributed by atoms with E-state index in [0.717, 1.165) is 30.3 Å². The molecule has 0 aliphatic carbocycles. The summed E-state index contributed by atoms with van der Waals surface area (Å²) >= 11 is 0. The largest absolute Gasteiger partial charge is 0.496 e. The summed E-state index contributed by atoms with van der Waals surface area (Å²) in [4.78, 5) is 2.42. The minimum atomic E-state index is -0.00273. The second kappa shape index (κ2) is 4.96. The van der Waals surface area contributed by atoms with Crippen molar-refractivity contribution in [2.45, 2.75) is 26.3 Å². The normalized spacial score (nSPS) is 21.6. The van der Waals surface area contributed by atoms with Crippen molar-refractivity contribution in [3.05, 3.63) is 23.8 Å². The number of methoxy groups -OCH3 is 1. The van der Waals surface area contributed by atoms with E-state index >= 15 is 0 Å². The van der Waals surface area contributed by atoms with Crippen LogP contribution in [0.1, 0.15) is 31.9 Å². The third kappa shape index (κ3) is 2.39. The van der Waals surface area contributed by atoms with Crippen LogP contribution < -0.4 is 15.4 Å². The van der Waals surface area contributed by atoms with Crippen LogP contribution in [-0.2, 0) is 0 Å². The molecule has 2 atom stereocenters. The van der Waals surface area contributed by atoms with Crippen molar-refractivity contribution >= 4 is 5.69 Å². The first-order valence-electron chi connectivity index (χ1n) is 6.31. The van der Waals surface area contributed by atoms with Crippen LogP contribution in [0, 0.1) is 5.92 Å². The van der Waals surface area contributed by atoms with Crippen LogP contribution in [0.25, 0.3) is 0 Å². The molecule has 3 heteroatoms. The Kier molecular flexibility index (Phi) is 3.57. The standard InChI is InChI=1S/C14H22N2O/c1-10-7-8-16(9-10)12-5-4-6-13(17-3)14(12)11(2)15/h4-6,10-11H,7-9,15H2,1-3H3/t10?,11-/m1/s1. The van der Waals surface area contributed by atoms with Gasteiger partial charge in [-0.1, -0.05) is 13.0 Å². The predicted molar refractivity (Wildman–Crippen MR) is 71.6 cm³/mol. The summed E-state index contributed by atoms with van der Waals surface area (Å²) in [5.74, 6) is 1.67. The Morgan fingerprint density at radius 2 is 2.24 bits per heavy atom. The number of nitrogens with zero attached hydrogens (tertiary/aromatic N) is 1. The lowest BCUT2D eigenvalue weighted by atomic mass is 10.0. The highest BCUT2D eigenvalue weighted by Crippen LogP contribution is 2.35. The molecule has 0 bridgehead atoms. The number of rotatable bonds is 3. The van der Waals surface area contributed by atoms with Crippen LogP contribution >= 0.6 is 0 Å². The summed E-state index contributed by atoms with van der Waals surface area (Å²) in [5, 5.41) is 0. The maximum Gasteiger partial charge on any atom is 0.125 e. The van der Waals surface area contributed by atoms with E-state index in [1.165, 1.54) is 12.1 Å². The molecule has 1 heterocycles.